The minimum Gasteiger partial charge on any atom is -0.352 e. The maximum absolute atomic E-state index is 11.8. The normalized spacial score (nSPS) is 11.3. The van der Waals surface area contributed by atoms with Crippen molar-refractivity contribution in [2.24, 2.45) is 0 Å². The second kappa shape index (κ2) is 6.22. The number of carbonyl (C=O) groups is 1. The summed E-state index contributed by atoms with van der Waals surface area (Å²) in [6, 6.07) is 0. The van der Waals surface area contributed by atoms with Crippen LogP contribution in [-0.2, 0) is 27.8 Å². The van der Waals surface area contributed by atoms with Crippen molar-refractivity contribution in [2.75, 3.05) is 11.0 Å². The topological polar surface area (TPSA) is 117 Å². The van der Waals surface area contributed by atoms with Crippen molar-refractivity contribution < 1.29 is 13.2 Å². The molecule has 1 amide bonds. The number of carbonyl (C=O) groups excluding carboxylic acids is 1. The number of hydrogen-bond acceptors (Lipinski definition) is 6. The molecule has 3 N–H and O–H groups in total. The molecule has 0 saturated heterocycles. The van der Waals surface area contributed by atoms with Crippen LogP contribution in [0, 0.1) is 6.92 Å². The number of H-pyrrole nitrogens is 1. The first-order valence-electron chi connectivity index (χ1n) is 6.01. The predicted molar refractivity (Wildman–Crippen MR) is 79.5 cm³/mol. The molecule has 0 aromatic carbocycles. The summed E-state index contributed by atoms with van der Waals surface area (Å²) in [5.74, 6) is -0.188. The van der Waals surface area contributed by atoms with Gasteiger partial charge in [-0.25, -0.2) is 13.4 Å². The molecule has 0 saturated carbocycles. The Morgan fingerprint density at radius 3 is 2.86 bits per heavy atom. The monoisotopic (exact) mass is 329 g/mol. The number of aromatic amines is 1. The van der Waals surface area contributed by atoms with Gasteiger partial charge in [-0.15, -0.1) is 11.3 Å². The average molecular weight is 329 g/mol. The fourth-order valence-electron chi connectivity index (χ4n) is 1.57. The van der Waals surface area contributed by atoms with E-state index in [1.54, 1.807) is 11.6 Å². The number of hydrogen-bond donors (Lipinski definition) is 3. The lowest BCUT2D eigenvalue weighted by atomic mass is 10.2. The van der Waals surface area contributed by atoms with Crippen molar-refractivity contribution in [1.82, 2.24) is 20.5 Å². The van der Waals surface area contributed by atoms with Gasteiger partial charge >= 0.3 is 0 Å². The van der Waals surface area contributed by atoms with Crippen LogP contribution in [-0.4, -0.2) is 35.8 Å². The number of nitrogens with one attached hydrogen (secondary N) is 3. The first-order chi connectivity index (χ1) is 9.83. The van der Waals surface area contributed by atoms with E-state index in [0.717, 1.165) is 28.8 Å². The molecule has 0 spiro atoms. The number of aryl methyl sites for hydroxylation is 1. The second-order valence-electron chi connectivity index (χ2n) is 4.49. The number of rotatable bonds is 6. The standard InChI is InChI=1S/C11H15N5O3S2/c1-7-8(5-13-15-7)4-12-10(17)3-9-6-20-11(14-9)16-21(2,18)19/h5-6H,3-4H2,1-2H3,(H,12,17)(H,13,15)(H,14,16). The number of thiazole rings is 1. The van der Waals surface area contributed by atoms with Gasteiger partial charge < -0.3 is 5.32 Å². The zero-order valence-corrected chi connectivity index (χ0v) is 13.1. The molecular weight excluding hydrogens is 314 g/mol. The Kier molecular flexibility index (Phi) is 4.58. The molecule has 0 aliphatic heterocycles. The Balaban J connectivity index is 1.87. The minimum atomic E-state index is -3.35. The summed E-state index contributed by atoms with van der Waals surface area (Å²) < 4.78 is 24.4. The maximum Gasteiger partial charge on any atom is 0.231 e. The molecular formula is C11H15N5O3S2. The largest absolute Gasteiger partial charge is 0.352 e. The zero-order valence-electron chi connectivity index (χ0n) is 11.5. The molecule has 2 rings (SSSR count). The van der Waals surface area contributed by atoms with Crippen LogP contribution < -0.4 is 10.0 Å². The Morgan fingerprint density at radius 2 is 2.24 bits per heavy atom. The fraction of sp³-hybridized carbons (Fsp3) is 0.364. The molecule has 10 heteroatoms. The first-order valence-corrected chi connectivity index (χ1v) is 8.78. The molecule has 114 valence electrons. The summed E-state index contributed by atoms with van der Waals surface area (Å²) in [5, 5.41) is 11.3. The van der Waals surface area contributed by atoms with Crippen LogP contribution in [0.4, 0.5) is 5.13 Å². The van der Waals surface area contributed by atoms with Crippen molar-refractivity contribution in [3.63, 3.8) is 0 Å². The van der Waals surface area contributed by atoms with Crippen LogP contribution in [0.5, 0.6) is 0 Å². The summed E-state index contributed by atoms with van der Waals surface area (Å²) in [4.78, 5) is 15.8. The second-order valence-corrected chi connectivity index (χ2v) is 7.10. The van der Waals surface area contributed by atoms with E-state index < -0.39 is 10.0 Å². The van der Waals surface area contributed by atoms with E-state index >= 15 is 0 Å². The van der Waals surface area contributed by atoms with Gasteiger partial charge in [0.1, 0.15) is 0 Å². The Bertz CT molecular complexity index is 735. The van der Waals surface area contributed by atoms with Gasteiger partial charge in [-0.05, 0) is 6.92 Å². The van der Waals surface area contributed by atoms with E-state index in [1.165, 1.54) is 0 Å². The van der Waals surface area contributed by atoms with Gasteiger partial charge in [0.15, 0.2) is 5.13 Å². The van der Waals surface area contributed by atoms with E-state index in [0.29, 0.717) is 12.2 Å². The molecule has 2 aromatic heterocycles. The molecule has 0 radical (unpaired) electrons. The zero-order chi connectivity index (χ0) is 15.5. The molecule has 2 heterocycles. The van der Waals surface area contributed by atoms with Crippen molar-refractivity contribution in [3.8, 4) is 0 Å². The highest BCUT2D eigenvalue weighted by Crippen LogP contribution is 2.16. The highest BCUT2D eigenvalue weighted by molar-refractivity contribution is 7.92. The van der Waals surface area contributed by atoms with Crippen LogP contribution in [0.1, 0.15) is 17.0 Å². The Hall–Kier alpha value is -1.94. The van der Waals surface area contributed by atoms with Crippen LogP contribution in [0.15, 0.2) is 11.6 Å². The molecule has 0 aliphatic carbocycles. The SMILES string of the molecule is Cc1[nH]ncc1CNC(=O)Cc1csc(NS(C)(=O)=O)n1. The van der Waals surface area contributed by atoms with Gasteiger partial charge in [0.2, 0.25) is 15.9 Å². The third-order valence-electron chi connectivity index (χ3n) is 2.58. The maximum atomic E-state index is 11.8. The first kappa shape index (κ1) is 15.4. The van der Waals surface area contributed by atoms with Gasteiger partial charge in [0.25, 0.3) is 0 Å². The number of amides is 1. The van der Waals surface area contributed by atoms with E-state index in [1.807, 2.05) is 6.92 Å². The third-order valence-corrected chi connectivity index (χ3v) is 4.08. The third kappa shape index (κ3) is 4.83. The molecule has 0 unspecified atom stereocenters. The molecule has 0 bridgehead atoms. The highest BCUT2D eigenvalue weighted by atomic mass is 32.2. The smallest absolute Gasteiger partial charge is 0.231 e. The van der Waals surface area contributed by atoms with Crippen LogP contribution in [0.2, 0.25) is 0 Å². The van der Waals surface area contributed by atoms with Crippen molar-refractivity contribution in [2.45, 2.75) is 19.9 Å². The Morgan fingerprint density at radius 1 is 1.48 bits per heavy atom. The lowest BCUT2D eigenvalue weighted by Crippen LogP contribution is -2.24. The van der Waals surface area contributed by atoms with Gasteiger partial charge in [-0.3, -0.25) is 14.6 Å². The summed E-state index contributed by atoms with van der Waals surface area (Å²) in [7, 11) is -3.35. The average Bonchev–Trinajstić information content (AvgIpc) is 2.94. The summed E-state index contributed by atoms with van der Waals surface area (Å²) in [6.07, 6.45) is 2.81. The van der Waals surface area contributed by atoms with Crippen LogP contribution >= 0.6 is 11.3 Å². The lowest BCUT2D eigenvalue weighted by Gasteiger charge is -2.03. The molecule has 2 aromatic rings. The van der Waals surface area contributed by atoms with Crippen LogP contribution in [0.25, 0.3) is 0 Å². The quantitative estimate of drug-likeness (QED) is 0.709. The van der Waals surface area contributed by atoms with Gasteiger partial charge in [-0.1, -0.05) is 0 Å². The number of nitrogens with zero attached hydrogens (tertiary/aromatic N) is 2. The minimum absolute atomic E-state index is 0.0961. The molecule has 0 fully saturated rings. The summed E-state index contributed by atoms with van der Waals surface area (Å²) in [5.41, 5.74) is 2.34. The van der Waals surface area contributed by atoms with Crippen molar-refractivity contribution in [1.29, 1.82) is 0 Å². The number of sulfonamides is 1. The summed E-state index contributed by atoms with van der Waals surface area (Å²) >= 11 is 1.14. The molecule has 21 heavy (non-hydrogen) atoms. The number of aromatic nitrogens is 3. The molecule has 8 nitrogen and oxygen atoms in total. The predicted octanol–water partition coefficient (Wildman–Crippen LogP) is 0.405. The fourth-order valence-corrected chi connectivity index (χ4v) is 3.13. The van der Waals surface area contributed by atoms with E-state index in [9.17, 15) is 13.2 Å². The van der Waals surface area contributed by atoms with E-state index in [4.69, 9.17) is 0 Å². The molecule has 0 atom stereocenters. The Labute approximate surface area is 126 Å². The van der Waals surface area contributed by atoms with Crippen molar-refractivity contribution >= 4 is 32.4 Å². The summed E-state index contributed by atoms with van der Waals surface area (Å²) in [6.45, 7) is 2.26. The highest BCUT2D eigenvalue weighted by Gasteiger charge is 2.10. The van der Waals surface area contributed by atoms with Gasteiger partial charge in [0.05, 0.1) is 24.6 Å². The molecule has 0 aliphatic rings. The van der Waals surface area contributed by atoms with E-state index in [2.05, 4.69) is 25.2 Å². The van der Waals surface area contributed by atoms with Gasteiger partial charge in [-0.2, -0.15) is 5.10 Å². The van der Waals surface area contributed by atoms with Crippen LogP contribution in [0.3, 0.4) is 0 Å². The lowest BCUT2D eigenvalue weighted by molar-refractivity contribution is -0.120. The van der Waals surface area contributed by atoms with Gasteiger partial charge in [0, 0.05) is 23.2 Å². The van der Waals surface area contributed by atoms with E-state index in [-0.39, 0.29) is 17.5 Å². The number of anilines is 1. The van der Waals surface area contributed by atoms with Crippen molar-refractivity contribution in [3.05, 3.63) is 28.5 Å².